The van der Waals surface area contributed by atoms with Gasteiger partial charge in [0.1, 0.15) is 5.60 Å². The zero-order valence-electron chi connectivity index (χ0n) is 18.2. The number of non-ortho nitro benzene ring substituents is 1. The van der Waals surface area contributed by atoms with E-state index in [1.807, 2.05) is 0 Å². The van der Waals surface area contributed by atoms with E-state index in [0.717, 1.165) is 17.7 Å². The standard InChI is InChI=1S/C20H24N4O8S/c1-20(2,3)32-19(25)22-15(11-14-7-5-4-6-8-14)13-21-33(30,31)18-10-9-16(23(26)27)12-17(18)24(28)29/h4-10,12,15,21H,11,13H2,1-3H3,(H,22,25)/t15-/m0/s1. The maximum atomic E-state index is 12.8. The van der Waals surface area contributed by atoms with Gasteiger partial charge in [-0.3, -0.25) is 20.2 Å². The summed E-state index contributed by atoms with van der Waals surface area (Å²) in [6.45, 7) is 4.71. The van der Waals surface area contributed by atoms with Crippen LogP contribution in [0.5, 0.6) is 0 Å². The van der Waals surface area contributed by atoms with Crippen molar-refractivity contribution in [3.63, 3.8) is 0 Å². The van der Waals surface area contributed by atoms with E-state index < -0.39 is 53.9 Å². The number of nitro benzene ring substituents is 2. The Bertz CT molecular complexity index is 1130. The monoisotopic (exact) mass is 480 g/mol. The minimum absolute atomic E-state index is 0.241. The number of amides is 1. The summed E-state index contributed by atoms with van der Waals surface area (Å²) in [5, 5.41) is 24.8. The molecule has 2 N–H and O–H groups in total. The van der Waals surface area contributed by atoms with Gasteiger partial charge in [0.15, 0.2) is 4.90 Å². The average Bonchev–Trinajstić information content (AvgIpc) is 2.71. The Balaban J connectivity index is 2.26. The van der Waals surface area contributed by atoms with Crippen molar-refractivity contribution in [3.8, 4) is 0 Å². The molecule has 0 aromatic heterocycles. The number of carbonyl (C=O) groups is 1. The molecule has 0 unspecified atom stereocenters. The lowest BCUT2D eigenvalue weighted by atomic mass is 10.1. The second-order valence-electron chi connectivity index (χ2n) is 8.05. The van der Waals surface area contributed by atoms with Crippen LogP contribution in [-0.2, 0) is 21.2 Å². The minimum atomic E-state index is -4.44. The second kappa shape index (κ2) is 10.4. The van der Waals surface area contributed by atoms with Crippen molar-refractivity contribution >= 4 is 27.5 Å². The lowest BCUT2D eigenvalue weighted by Crippen LogP contribution is -2.46. The van der Waals surface area contributed by atoms with Crippen molar-refractivity contribution in [2.24, 2.45) is 0 Å². The molecule has 13 heteroatoms. The summed E-state index contributed by atoms with van der Waals surface area (Å²) >= 11 is 0. The van der Waals surface area contributed by atoms with Gasteiger partial charge in [0.2, 0.25) is 10.0 Å². The van der Waals surface area contributed by atoms with Crippen molar-refractivity contribution < 1.29 is 27.8 Å². The zero-order valence-corrected chi connectivity index (χ0v) is 19.0. The topological polar surface area (TPSA) is 171 Å². The normalized spacial score (nSPS) is 12.6. The lowest BCUT2D eigenvalue weighted by molar-refractivity contribution is -0.396. The van der Waals surface area contributed by atoms with Crippen LogP contribution in [0.4, 0.5) is 16.2 Å². The van der Waals surface area contributed by atoms with Crippen LogP contribution in [0.25, 0.3) is 0 Å². The molecule has 2 aromatic rings. The van der Waals surface area contributed by atoms with E-state index in [9.17, 15) is 33.4 Å². The maximum Gasteiger partial charge on any atom is 0.407 e. The molecule has 0 radical (unpaired) electrons. The van der Waals surface area contributed by atoms with Crippen LogP contribution in [0.2, 0.25) is 0 Å². The zero-order chi connectivity index (χ0) is 24.8. The first kappa shape index (κ1) is 25.7. The van der Waals surface area contributed by atoms with E-state index in [-0.39, 0.29) is 13.0 Å². The molecule has 0 fully saturated rings. The van der Waals surface area contributed by atoms with Gasteiger partial charge >= 0.3 is 6.09 Å². The van der Waals surface area contributed by atoms with E-state index >= 15 is 0 Å². The van der Waals surface area contributed by atoms with Crippen molar-refractivity contribution in [1.82, 2.24) is 10.0 Å². The smallest absolute Gasteiger partial charge is 0.407 e. The number of carbonyl (C=O) groups excluding carboxylic acids is 1. The van der Waals surface area contributed by atoms with Crippen LogP contribution in [0.1, 0.15) is 26.3 Å². The van der Waals surface area contributed by atoms with E-state index in [0.29, 0.717) is 6.07 Å². The summed E-state index contributed by atoms with van der Waals surface area (Å²) in [7, 11) is -4.44. The largest absolute Gasteiger partial charge is 0.444 e. The van der Waals surface area contributed by atoms with Crippen molar-refractivity contribution in [1.29, 1.82) is 0 Å². The van der Waals surface area contributed by atoms with Crippen LogP contribution in [0, 0.1) is 20.2 Å². The molecule has 0 bridgehead atoms. The molecular weight excluding hydrogens is 456 g/mol. The van der Waals surface area contributed by atoms with Gasteiger partial charge in [0.05, 0.1) is 15.9 Å². The van der Waals surface area contributed by atoms with Gasteiger partial charge < -0.3 is 10.1 Å². The van der Waals surface area contributed by atoms with Gasteiger partial charge in [-0.05, 0) is 38.8 Å². The lowest BCUT2D eigenvalue weighted by Gasteiger charge is -2.24. The molecule has 1 amide bonds. The third kappa shape index (κ3) is 7.80. The first-order valence-electron chi connectivity index (χ1n) is 9.74. The number of sulfonamides is 1. The van der Waals surface area contributed by atoms with E-state index in [2.05, 4.69) is 10.0 Å². The van der Waals surface area contributed by atoms with Gasteiger partial charge in [0.25, 0.3) is 11.4 Å². The molecule has 0 aliphatic rings. The van der Waals surface area contributed by atoms with Gasteiger partial charge in [-0.25, -0.2) is 17.9 Å². The molecule has 0 aliphatic heterocycles. The molecule has 1 atom stereocenters. The number of alkyl carbamates (subject to hydrolysis) is 1. The van der Waals surface area contributed by atoms with Crippen LogP contribution in [0.3, 0.4) is 0 Å². The minimum Gasteiger partial charge on any atom is -0.444 e. The van der Waals surface area contributed by atoms with Crippen LogP contribution in [-0.4, -0.2) is 42.5 Å². The van der Waals surface area contributed by atoms with E-state index in [1.165, 1.54) is 0 Å². The molecule has 178 valence electrons. The summed E-state index contributed by atoms with van der Waals surface area (Å²) in [6.07, 6.45) is -0.519. The molecule has 12 nitrogen and oxygen atoms in total. The van der Waals surface area contributed by atoms with E-state index in [4.69, 9.17) is 4.74 Å². The molecule has 0 saturated heterocycles. The highest BCUT2D eigenvalue weighted by atomic mass is 32.2. The Morgan fingerprint density at radius 2 is 1.70 bits per heavy atom. The molecule has 0 saturated carbocycles. The molecule has 0 aliphatic carbocycles. The third-order valence-corrected chi connectivity index (χ3v) is 5.68. The number of rotatable bonds is 9. The van der Waals surface area contributed by atoms with Crippen molar-refractivity contribution in [3.05, 3.63) is 74.3 Å². The summed E-state index contributed by atoms with van der Waals surface area (Å²) in [5.74, 6) is 0. The number of ether oxygens (including phenoxy) is 1. The predicted molar refractivity (Wildman–Crippen MR) is 118 cm³/mol. The first-order chi connectivity index (χ1) is 15.3. The Morgan fingerprint density at radius 3 is 2.24 bits per heavy atom. The van der Waals surface area contributed by atoms with Crippen molar-refractivity contribution in [2.45, 2.75) is 43.7 Å². The van der Waals surface area contributed by atoms with Gasteiger partial charge in [-0.1, -0.05) is 30.3 Å². The highest BCUT2D eigenvalue weighted by molar-refractivity contribution is 7.89. The number of nitro groups is 2. The highest BCUT2D eigenvalue weighted by Gasteiger charge is 2.29. The Hall–Kier alpha value is -3.58. The fourth-order valence-corrected chi connectivity index (χ4v) is 4.06. The van der Waals surface area contributed by atoms with Gasteiger partial charge in [0, 0.05) is 18.7 Å². The van der Waals surface area contributed by atoms with Gasteiger partial charge in [-0.2, -0.15) is 0 Å². The highest BCUT2D eigenvalue weighted by Crippen LogP contribution is 2.28. The molecule has 33 heavy (non-hydrogen) atoms. The summed E-state index contributed by atoms with van der Waals surface area (Å²) in [6, 6.07) is 10.4. The number of nitrogens with one attached hydrogen (secondary N) is 2. The van der Waals surface area contributed by atoms with Crippen LogP contribution >= 0.6 is 0 Å². The van der Waals surface area contributed by atoms with E-state index in [1.54, 1.807) is 51.1 Å². The summed E-state index contributed by atoms with van der Waals surface area (Å²) in [4.78, 5) is 31.8. The van der Waals surface area contributed by atoms with Gasteiger partial charge in [-0.15, -0.1) is 0 Å². The first-order valence-corrected chi connectivity index (χ1v) is 11.2. The molecule has 0 spiro atoms. The average molecular weight is 480 g/mol. The van der Waals surface area contributed by atoms with Crippen LogP contribution in [0.15, 0.2) is 53.4 Å². The number of hydrogen-bond donors (Lipinski definition) is 2. The number of benzene rings is 2. The van der Waals surface area contributed by atoms with Crippen molar-refractivity contribution in [2.75, 3.05) is 6.54 Å². The Kier molecular flexibility index (Phi) is 8.06. The van der Waals surface area contributed by atoms with Crippen LogP contribution < -0.4 is 10.0 Å². The Labute approximate surface area is 190 Å². The fourth-order valence-electron chi connectivity index (χ4n) is 2.82. The molecule has 2 rings (SSSR count). The quantitative estimate of drug-likeness (QED) is 0.407. The number of hydrogen-bond acceptors (Lipinski definition) is 8. The molecule has 2 aromatic carbocycles. The molecular formula is C20H24N4O8S. The molecule has 0 heterocycles. The second-order valence-corrected chi connectivity index (χ2v) is 9.79. The Morgan fingerprint density at radius 1 is 1.06 bits per heavy atom. The summed E-state index contributed by atoms with van der Waals surface area (Å²) < 4.78 is 33.0. The fraction of sp³-hybridized carbons (Fsp3) is 0.350. The third-order valence-electron chi connectivity index (χ3n) is 4.21. The maximum absolute atomic E-state index is 12.8. The SMILES string of the molecule is CC(C)(C)OC(=O)N[C@H](CNS(=O)(=O)c1ccc([N+](=O)[O-])cc1[N+](=O)[O-])Cc1ccccc1. The number of nitrogens with zero attached hydrogens (tertiary/aromatic N) is 2. The predicted octanol–water partition coefficient (Wildman–Crippen LogP) is 2.92. The summed E-state index contributed by atoms with van der Waals surface area (Å²) in [5.41, 5.74) is -1.52.